The zero-order chi connectivity index (χ0) is 14.6. The van der Waals surface area contributed by atoms with E-state index in [0.717, 1.165) is 13.0 Å². The average molecular weight is 270 g/mol. The summed E-state index contributed by atoms with van der Waals surface area (Å²) < 4.78 is 0. The number of carbonyl (C=O) groups is 2. The lowest BCUT2D eigenvalue weighted by Crippen LogP contribution is -2.48. The first-order chi connectivity index (χ1) is 8.81. The predicted octanol–water partition coefficient (Wildman–Crippen LogP) is 2.32. The van der Waals surface area contributed by atoms with E-state index in [-0.39, 0.29) is 24.0 Å². The van der Waals surface area contributed by atoms with Crippen LogP contribution in [0, 0.1) is 11.8 Å². The van der Waals surface area contributed by atoms with E-state index >= 15 is 0 Å². The van der Waals surface area contributed by atoms with Crippen LogP contribution in [0.15, 0.2) is 0 Å². The molecule has 0 aromatic heterocycles. The zero-order valence-corrected chi connectivity index (χ0v) is 12.3. The fourth-order valence-corrected chi connectivity index (χ4v) is 2.52. The van der Waals surface area contributed by atoms with E-state index < -0.39 is 5.97 Å². The molecule has 0 radical (unpaired) electrons. The molecule has 2 N–H and O–H groups in total. The number of nitrogens with zero attached hydrogens (tertiary/aromatic N) is 1. The highest BCUT2D eigenvalue weighted by Gasteiger charge is 2.31. The Labute approximate surface area is 115 Å². The molecule has 1 aliphatic rings. The average Bonchev–Trinajstić information content (AvgIpc) is 2.73. The van der Waals surface area contributed by atoms with Gasteiger partial charge in [-0.15, -0.1) is 0 Å². The van der Waals surface area contributed by atoms with Crippen LogP contribution in [0.5, 0.6) is 0 Å². The van der Waals surface area contributed by atoms with Crippen LogP contribution in [-0.2, 0) is 4.79 Å². The Bertz CT molecular complexity index is 329. The molecule has 1 fully saturated rings. The van der Waals surface area contributed by atoms with Crippen LogP contribution >= 0.6 is 0 Å². The highest BCUT2D eigenvalue weighted by molar-refractivity contribution is 5.75. The summed E-state index contributed by atoms with van der Waals surface area (Å²) in [4.78, 5) is 24.9. The van der Waals surface area contributed by atoms with Crippen molar-refractivity contribution < 1.29 is 14.7 Å². The molecular formula is C14H26N2O3. The van der Waals surface area contributed by atoms with Crippen LogP contribution < -0.4 is 5.32 Å². The van der Waals surface area contributed by atoms with E-state index in [1.165, 1.54) is 0 Å². The maximum absolute atomic E-state index is 12.2. The van der Waals surface area contributed by atoms with Gasteiger partial charge in [-0.3, -0.25) is 4.79 Å². The number of urea groups is 1. The zero-order valence-electron chi connectivity index (χ0n) is 12.3. The van der Waals surface area contributed by atoms with Crippen LogP contribution in [0.25, 0.3) is 0 Å². The number of hydrogen-bond donors (Lipinski definition) is 2. The Balaban J connectivity index is 2.51. The molecule has 0 spiro atoms. The largest absolute Gasteiger partial charge is 0.481 e. The molecule has 1 saturated carbocycles. The number of carboxylic acids is 1. The minimum absolute atomic E-state index is 0.00186. The van der Waals surface area contributed by atoms with Crippen molar-refractivity contribution in [2.24, 2.45) is 11.8 Å². The molecule has 19 heavy (non-hydrogen) atoms. The minimum Gasteiger partial charge on any atom is -0.481 e. The second-order valence-electron chi connectivity index (χ2n) is 6.13. The van der Waals surface area contributed by atoms with Crippen LogP contribution in [0.3, 0.4) is 0 Å². The summed E-state index contributed by atoms with van der Waals surface area (Å²) in [6.45, 7) is 8.88. The summed E-state index contributed by atoms with van der Waals surface area (Å²) in [6, 6.07) is 0.0841. The molecule has 5 nitrogen and oxygen atoms in total. The maximum Gasteiger partial charge on any atom is 0.317 e. The van der Waals surface area contributed by atoms with Gasteiger partial charge < -0.3 is 15.3 Å². The van der Waals surface area contributed by atoms with Gasteiger partial charge in [-0.25, -0.2) is 4.79 Å². The van der Waals surface area contributed by atoms with Gasteiger partial charge in [-0.1, -0.05) is 13.8 Å². The number of aliphatic carboxylic acids is 1. The second-order valence-corrected chi connectivity index (χ2v) is 6.13. The van der Waals surface area contributed by atoms with Crippen LogP contribution in [0.4, 0.5) is 4.79 Å². The molecule has 0 bridgehead atoms. The number of amides is 2. The molecule has 5 heteroatoms. The normalized spacial score (nSPS) is 22.8. The molecule has 1 aliphatic carbocycles. The predicted molar refractivity (Wildman–Crippen MR) is 74.0 cm³/mol. The van der Waals surface area contributed by atoms with Crippen molar-refractivity contribution in [3.63, 3.8) is 0 Å². The van der Waals surface area contributed by atoms with Gasteiger partial charge >= 0.3 is 12.0 Å². The number of carbonyl (C=O) groups excluding carboxylic acids is 1. The molecule has 0 aromatic carbocycles. The van der Waals surface area contributed by atoms with E-state index in [1.54, 1.807) is 0 Å². The molecule has 2 amide bonds. The molecule has 110 valence electrons. The standard InChI is InChI=1S/C14H26N2O3/c1-9(2)8-16(10(3)4)14(19)15-12-6-5-11(7-12)13(17)18/h9-12H,5-8H2,1-4H3,(H,15,19)(H,17,18)/t11-,12+/m1/s1. The number of carboxylic acid groups (broad SMARTS) is 1. The van der Waals surface area contributed by atoms with Gasteiger partial charge in [0.05, 0.1) is 5.92 Å². The molecule has 0 heterocycles. The maximum atomic E-state index is 12.2. The monoisotopic (exact) mass is 270 g/mol. The summed E-state index contributed by atoms with van der Waals surface area (Å²) in [5.41, 5.74) is 0. The SMILES string of the molecule is CC(C)CN(C(=O)N[C@H]1CC[C@@H](C(=O)O)C1)C(C)C. The topological polar surface area (TPSA) is 69.6 Å². The summed E-state index contributed by atoms with van der Waals surface area (Å²) in [5.74, 6) is -0.633. The van der Waals surface area contributed by atoms with Gasteiger partial charge in [0.2, 0.25) is 0 Å². The van der Waals surface area contributed by atoms with Crippen molar-refractivity contribution in [1.29, 1.82) is 0 Å². The highest BCUT2D eigenvalue weighted by atomic mass is 16.4. The van der Waals surface area contributed by atoms with Crippen molar-refractivity contribution in [1.82, 2.24) is 10.2 Å². The van der Waals surface area contributed by atoms with Crippen molar-refractivity contribution in [2.75, 3.05) is 6.54 Å². The van der Waals surface area contributed by atoms with E-state index in [9.17, 15) is 9.59 Å². The molecular weight excluding hydrogens is 244 g/mol. The van der Waals surface area contributed by atoms with Crippen LogP contribution in [0.1, 0.15) is 47.0 Å². The van der Waals surface area contributed by atoms with Crippen LogP contribution in [-0.4, -0.2) is 40.6 Å². The molecule has 0 saturated heterocycles. The quantitative estimate of drug-likeness (QED) is 0.805. The first-order valence-corrected chi connectivity index (χ1v) is 7.11. The molecule has 1 rings (SSSR count). The molecule has 0 aromatic rings. The number of hydrogen-bond acceptors (Lipinski definition) is 2. The van der Waals surface area contributed by atoms with Crippen LogP contribution in [0.2, 0.25) is 0 Å². The number of rotatable bonds is 5. The minimum atomic E-state index is -0.750. The van der Waals surface area contributed by atoms with Crippen molar-refractivity contribution >= 4 is 12.0 Å². The third kappa shape index (κ3) is 4.73. The fraction of sp³-hybridized carbons (Fsp3) is 0.857. The summed E-state index contributed by atoms with van der Waals surface area (Å²) in [5, 5.41) is 11.9. The van der Waals surface area contributed by atoms with E-state index in [0.29, 0.717) is 18.8 Å². The summed E-state index contributed by atoms with van der Waals surface area (Å²) >= 11 is 0. The van der Waals surface area contributed by atoms with E-state index in [4.69, 9.17) is 5.11 Å². The van der Waals surface area contributed by atoms with Crippen molar-refractivity contribution in [3.8, 4) is 0 Å². The number of nitrogens with one attached hydrogen (secondary N) is 1. The second kappa shape index (κ2) is 6.78. The van der Waals surface area contributed by atoms with Gasteiger partial charge in [0, 0.05) is 18.6 Å². The van der Waals surface area contributed by atoms with Gasteiger partial charge in [-0.05, 0) is 39.0 Å². The Hall–Kier alpha value is -1.26. The molecule has 0 aliphatic heterocycles. The molecule has 0 unspecified atom stereocenters. The van der Waals surface area contributed by atoms with Gasteiger partial charge in [0.25, 0.3) is 0 Å². The fourth-order valence-electron chi connectivity index (χ4n) is 2.52. The first-order valence-electron chi connectivity index (χ1n) is 7.11. The highest BCUT2D eigenvalue weighted by Crippen LogP contribution is 2.25. The third-order valence-electron chi connectivity index (χ3n) is 3.56. The Morgan fingerprint density at radius 3 is 2.32 bits per heavy atom. The van der Waals surface area contributed by atoms with E-state index in [1.807, 2.05) is 18.7 Å². The van der Waals surface area contributed by atoms with Gasteiger partial charge in [0.15, 0.2) is 0 Å². The first kappa shape index (κ1) is 15.8. The molecule has 2 atom stereocenters. The van der Waals surface area contributed by atoms with E-state index in [2.05, 4.69) is 19.2 Å². The summed E-state index contributed by atoms with van der Waals surface area (Å²) in [7, 11) is 0. The lowest BCUT2D eigenvalue weighted by molar-refractivity contribution is -0.141. The van der Waals surface area contributed by atoms with Crippen molar-refractivity contribution in [3.05, 3.63) is 0 Å². The lowest BCUT2D eigenvalue weighted by Gasteiger charge is -2.30. The van der Waals surface area contributed by atoms with Gasteiger partial charge in [0.1, 0.15) is 0 Å². The smallest absolute Gasteiger partial charge is 0.317 e. The summed E-state index contributed by atoms with van der Waals surface area (Å²) in [6.07, 6.45) is 1.97. The third-order valence-corrected chi connectivity index (χ3v) is 3.56. The Kier molecular flexibility index (Phi) is 5.63. The Morgan fingerprint density at radius 1 is 1.26 bits per heavy atom. The van der Waals surface area contributed by atoms with Gasteiger partial charge in [-0.2, -0.15) is 0 Å². The van der Waals surface area contributed by atoms with Crippen molar-refractivity contribution in [2.45, 2.75) is 59.0 Å². The lowest BCUT2D eigenvalue weighted by atomic mass is 10.1. The Morgan fingerprint density at radius 2 is 1.89 bits per heavy atom.